The summed E-state index contributed by atoms with van der Waals surface area (Å²) >= 11 is 3.42. The van der Waals surface area contributed by atoms with E-state index >= 15 is 0 Å². The highest BCUT2D eigenvalue weighted by Crippen LogP contribution is 2.22. The van der Waals surface area contributed by atoms with Crippen LogP contribution in [0.5, 0.6) is 0 Å². The molecular formula is C9H7BrN2O. The highest BCUT2D eigenvalue weighted by atomic mass is 79.9. The van der Waals surface area contributed by atoms with Gasteiger partial charge in [-0.2, -0.15) is 0 Å². The van der Waals surface area contributed by atoms with Gasteiger partial charge >= 0.3 is 0 Å². The second-order valence-electron chi connectivity index (χ2n) is 2.58. The van der Waals surface area contributed by atoms with Crippen molar-refractivity contribution in [2.24, 2.45) is 0 Å². The lowest BCUT2D eigenvalue weighted by Crippen LogP contribution is -1.85. The topological polar surface area (TPSA) is 38.9 Å². The molecule has 0 spiro atoms. The molecule has 0 radical (unpaired) electrons. The Morgan fingerprint density at radius 3 is 2.85 bits per heavy atom. The molecule has 1 heterocycles. The summed E-state index contributed by atoms with van der Waals surface area (Å²) in [6.07, 6.45) is 1.54. The van der Waals surface area contributed by atoms with Gasteiger partial charge in [-0.15, -0.1) is 5.10 Å². The molecule has 2 aromatic rings. The lowest BCUT2D eigenvalue weighted by Gasteiger charge is -2.01. The zero-order chi connectivity index (χ0) is 9.10. The van der Waals surface area contributed by atoms with E-state index in [0.29, 0.717) is 0 Å². The summed E-state index contributed by atoms with van der Waals surface area (Å²) < 4.78 is 4.69. The Kier molecular flexibility index (Phi) is 2.40. The number of rotatable bonds is 2. The second kappa shape index (κ2) is 3.70. The maximum atomic E-state index is 4.69. The lowest BCUT2D eigenvalue weighted by atomic mass is 10.1. The summed E-state index contributed by atoms with van der Waals surface area (Å²) in [6, 6.07) is 8.00. The number of aromatic nitrogens is 2. The monoisotopic (exact) mass is 238 g/mol. The molecule has 13 heavy (non-hydrogen) atoms. The van der Waals surface area contributed by atoms with Crippen LogP contribution in [0.3, 0.4) is 0 Å². The molecule has 0 saturated heterocycles. The molecule has 0 aliphatic heterocycles. The van der Waals surface area contributed by atoms with E-state index in [1.807, 2.05) is 24.3 Å². The highest BCUT2D eigenvalue weighted by molar-refractivity contribution is 9.08. The van der Waals surface area contributed by atoms with Gasteiger partial charge in [0.25, 0.3) is 0 Å². The lowest BCUT2D eigenvalue weighted by molar-refractivity contribution is 0.393. The average Bonchev–Trinajstić information content (AvgIpc) is 2.70. The Balaban J connectivity index is 2.51. The van der Waals surface area contributed by atoms with E-state index in [1.54, 1.807) is 6.26 Å². The Hall–Kier alpha value is -1.16. The van der Waals surface area contributed by atoms with Crippen LogP contribution < -0.4 is 0 Å². The van der Waals surface area contributed by atoms with Gasteiger partial charge in [-0.05, 0) is 5.56 Å². The summed E-state index contributed by atoms with van der Waals surface area (Å²) in [6.45, 7) is 0. The molecule has 0 unspecified atom stereocenters. The minimum absolute atomic E-state index is 0.773. The summed E-state index contributed by atoms with van der Waals surface area (Å²) in [5.74, 6) is 0. The van der Waals surface area contributed by atoms with Crippen molar-refractivity contribution in [3.05, 3.63) is 36.1 Å². The van der Waals surface area contributed by atoms with Crippen LogP contribution in [0.4, 0.5) is 0 Å². The van der Waals surface area contributed by atoms with Gasteiger partial charge in [-0.3, -0.25) is 0 Å². The minimum atomic E-state index is 0.773. The summed E-state index contributed by atoms with van der Waals surface area (Å²) in [5, 5.41) is 8.09. The number of halogens is 1. The van der Waals surface area contributed by atoms with Crippen LogP contribution in [0, 0.1) is 0 Å². The average molecular weight is 239 g/mol. The van der Waals surface area contributed by atoms with E-state index in [2.05, 4.69) is 26.3 Å². The van der Waals surface area contributed by atoms with Crippen LogP contribution in [0.15, 0.2) is 35.1 Å². The Morgan fingerprint density at radius 1 is 1.31 bits per heavy atom. The fourth-order valence-corrected chi connectivity index (χ4v) is 1.66. The molecule has 0 N–H and O–H groups in total. The van der Waals surface area contributed by atoms with Gasteiger partial charge < -0.3 is 4.52 Å². The number of benzene rings is 1. The first-order valence-corrected chi connectivity index (χ1v) is 4.95. The Labute approximate surface area is 83.9 Å². The maximum absolute atomic E-state index is 4.69. The van der Waals surface area contributed by atoms with Crippen molar-refractivity contribution < 1.29 is 4.52 Å². The smallest absolute Gasteiger partial charge is 0.152 e. The number of alkyl halides is 1. The third-order valence-corrected chi connectivity index (χ3v) is 2.40. The first kappa shape index (κ1) is 8.44. The summed E-state index contributed by atoms with van der Waals surface area (Å²) in [4.78, 5) is 0. The molecule has 3 nitrogen and oxygen atoms in total. The van der Waals surface area contributed by atoms with Crippen LogP contribution in [-0.2, 0) is 5.33 Å². The normalized spacial score (nSPS) is 10.2. The maximum Gasteiger partial charge on any atom is 0.152 e. The van der Waals surface area contributed by atoms with Crippen molar-refractivity contribution in [2.75, 3.05) is 0 Å². The number of hydrogen-bond donors (Lipinski definition) is 0. The van der Waals surface area contributed by atoms with E-state index in [-0.39, 0.29) is 0 Å². The van der Waals surface area contributed by atoms with Gasteiger partial charge in [0.15, 0.2) is 6.26 Å². The van der Waals surface area contributed by atoms with Crippen LogP contribution in [-0.4, -0.2) is 10.4 Å². The van der Waals surface area contributed by atoms with Crippen molar-refractivity contribution in [2.45, 2.75) is 5.33 Å². The molecule has 0 amide bonds. The summed E-state index contributed by atoms with van der Waals surface area (Å²) in [7, 11) is 0. The van der Waals surface area contributed by atoms with Crippen LogP contribution in [0.2, 0.25) is 0 Å². The second-order valence-corrected chi connectivity index (χ2v) is 3.14. The van der Waals surface area contributed by atoms with E-state index < -0.39 is 0 Å². The van der Waals surface area contributed by atoms with E-state index in [4.69, 9.17) is 4.52 Å². The van der Waals surface area contributed by atoms with Gasteiger partial charge in [0.05, 0.1) is 0 Å². The molecular weight excluding hydrogens is 232 g/mol. The molecule has 1 aromatic carbocycles. The molecule has 0 saturated carbocycles. The van der Waals surface area contributed by atoms with E-state index in [1.165, 1.54) is 5.56 Å². The van der Waals surface area contributed by atoms with Gasteiger partial charge in [-0.25, -0.2) is 0 Å². The fraction of sp³-hybridized carbons (Fsp3) is 0.111. The van der Waals surface area contributed by atoms with Gasteiger partial charge in [-0.1, -0.05) is 40.2 Å². The zero-order valence-corrected chi connectivity index (χ0v) is 8.36. The van der Waals surface area contributed by atoms with Crippen molar-refractivity contribution in [3.8, 4) is 11.3 Å². The van der Waals surface area contributed by atoms with Crippen molar-refractivity contribution in [1.82, 2.24) is 10.4 Å². The van der Waals surface area contributed by atoms with Gasteiger partial charge in [0.2, 0.25) is 0 Å². The van der Waals surface area contributed by atoms with Crippen LogP contribution in [0.1, 0.15) is 5.56 Å². The molecule has 66 valence electrons. The molecule has 0 atom stereocenters. The molecule has 2 rings (SSSR count). The highest BCUT2D eigenvalue weighted by Gasteiger charge is 2.05. The molecule has 0 bridgehead atoms. The summed E-state index contributed by atoms with van der Waals surface area (Å²) in [5.41, 5.74) is 3.01. The third-order valence-electron chi connectivity index (χ3n) is 1.80. The molecule has 4 heteroatoms. The third kappa shape index (κ3) is 1.62. The van der Waals surface area contributed by atoms with Gasteiger partial charge in [0.1, 0.15) is 5.69 Å². The molecule has 0 aliphatic carbocycles. The van der Waals surface area contributed by atoms with Crippen LogP contribution >= 0.6 is 15.9 Å². The minimum Gasteiger partial charge on any atom is -0.345 e. The first-order chi connectivity index (χ1) is 6.42. The standard InChI is InChI=1S/C9H7BrN2O/c10-5-7-3-1-2-4-8(7)9-6-13-12-11-9/h1-4,6H,5H2. The van der Waals surface area contributed by atoms with E-state index in [9.17, 15) is 0 Å². The predicted molar refractivity (Wildman–Crippen MR) is 52.4 cm³/mol. The first-order valence-electron chi connectivity index (χ1n) is 3.83. The Morgan fingerprint density at radius 2 is 2.15 bits per heavy atom. The van der Waals surface area contributed by atoms with Crippen LogP contribution in [0.25, 0.3) is 11.3 Å². The Bertz CT molecular complexity index is 386. The van der Waals surface area contributed by atoms with Crippen molar-refractivity contribution in [3.63, 3.8) is 0 Å². The number of nitrogens with zero attached hydrogens (tertiary/aromatic N) is 2. The number of hydrogen-bond acceptors (Lipinski definition) is 3. The largest absolute Gasteiger partial charge is 0.345 e. The van der Waals surface area contributed by atoms with Crippen molar-refractivity contribution in [1.29, 1.82) is 0 Å². The molecule has 1 aromatic heterocycles. The van der Waals surface area contributed by atoms with Gasteiger partial charge in [0, 0.05) is 16.2 Å². The quantitative estimate of drug-likeness (QED) is 0.756. The van der Waals surface area contributed by atoms with E-state index in [0.717, 1.165) is 16.6 Å². The molecule has 0 fully saturated rings. The fourth-order valence-electron chi connectivity index (χ4n) is 1.17. The molecule has 0 aliphatic rings. The zero-order valence-electron chi connectivity index (χ0n) is 6.77. The predicted octanol–water partition coefficient (Wildman–Crippen LogP) is 2.63. The SMILES string of the molecule is BrCc1ccccc1-c1conn1. The van der Waals surface area contributed by atoms with Crippen molar-refractivity contribution >= 4 is 15.9 Å².